The molecule has 0 atom stereocenters. The lowest BCUT2D eigenvalue weighted by Crippen LogP contribution is -1.87. The van der Waals surface area contributed by atoms with Gasteiger partial charge in [0.2, 0.25) is 0 Å². The normalized spacial score (nSPS) is 9.09. The van der Waals surface area contributed by atoms with Gasteiger partial charge in [0, 0.05) is 0 Å². The van der Waals surface area contributed by atoms with Gasteiger partial charge in [-0.2, -0.15) is 5.26 Å². The molecule has 0 aliphatic heterocycles. The number of H-pyrrole nitrogens is 1. The van der Waals surface area contributed by atoms with Gasteiger partial charge in [-0.05, 0) is 6.92 Å². The van der Waals surface area contributed by atoms with E-state index < -0.39 is 4.92 Å². The van der Waals surface area contributed by atoms with Crippen LogP contribution in [0.2, 0.25) is 0 Å². The minimum absolute atomic E-state index is 0.0402. The molecule has 0 aliphatic rings. The maximum atomic E-state index is 10.2. The van der Waals surface area contributed by atoms with Crippen molar-refractivity contribution in [1.82, 2.24) is 4.98 Å². The van der Waals surface area contributed by atoms with E-state index in [0.717, 1.165) is 0 Å². The molecule has 56 valence electrons. The summed E-state index contributed by atoms with van der Waals surface area (Å²) in [5, 5.41) is 18.6. The molecule has 1 rings (SSSR count). The summed E-state index contributed by atoms with van der Waals surface area (Å²) in [5.74, 6) is 0. The number of aromatic amines is 1. The molecule has 1 aromatic heterocycles. The molecule has 0 bridgehead atoms. The van der Waals surface area contributed by atoms with E-state index in [9.17, 15) is 10.1 Å². The van der Waals surface area contributed by atoms with Crippen LogP contribution in [0.5, 0.6) is 0 Å². The van der Waals surface area contributed by atoms with E-state index in [-0.39, 0.29) is 11.4 Å². The van der Waals surface area contributed by atoms with Crippen LogP contribution in [0.1, 0.15) is 11.3 Å². The van der Waals surface area contributed by atoms with Crippen molar-refractivity contribution in [3.05, 3.63) is 27.6 Å². The summed E-state index contributed by atoms with van der Waals surface area (Å²) >= 11 is 0. The first kappa shape index (κ1) is 7.28. The molecule has 0 aromatic carbocycles. The highest BCUT2D eigenvalue weighted by molar-refractivity contribution is 5.46. The summed E-state index contributed by atoms with van der Waals surface area (Å²) < 4.78 is 0. The second kappa shape index (κ2) is 2.42. The van der Waals surface area contributed by atoms with Gasteiger partial charge in [0.1, 0.15) is 11.8 Å². The van der Waals surface area contributed by atoms with Crippen molar-refractivity contribution in [2.24, 2.45) is 0 Å². The number of nitrogens with zero attached hydrogens (tertiary/aromatic N) is 2. The molecule has 5 heteroatoms. The SMILES string of the molecule is Cc1c([N+](=O)[O-])c[nH]c1C#N. The van der Waals surface area contributed by atoms with E-state index >= 15 is 0 Å². The van der Waals surface area contributed by atoms with Crippen molar-refractivity contribution >= 4 is 5.69 Å². The number of rotatable bonds is 1. The van der Waals surface area contributed by atoms with Crippen molar-refractivity contribution in [3.63, 3.8) is 0 Å². The molecule has 0 spiro atoms. The predicted octanol–water partition coefficient (Wildman–Crippen LogP) is 1.10. The van der Waals surface area contributed by atoms with Crippen molar-refractivity contribution < 1.29 is 4.92 Å². The Hall–Kier alpha value is -1.83. The van der Waals surface area contributed by atoms with Crippen molar-refractivity contribution in [2.75, 3.05) is 0 Å². The second-order valence-electron chi connectivity index (χ2n) is 2.04. The van der Waals surface area contributed by atoms with E-state index in [0.29, 0.717) is 5.56 Å². The van der Waals surface area contributed by atoms with E-state index in [1.165, 1.54) is 13.1 Å². The Morgan fingerprint density at radius 3 is 2.73 bits per heavy atom. The van der Waals surface area contributed by atoms with Crippen molar-refractivity contribution in [1.29, 1.82) is 5.26 Å². The first-order chi connectivity index (χ1) is 5.16. The third kappa shape index (κ3) is 1.05. The highest BCUT2D eigenvalue weighted by atomic mass is 16.6. The standard InChI is InChI=1S/C6H5N3O2/c1-4-5(2-7)8-3-6(4)9(10)11/h3,8H,1H3. The fourth-order valence-corrected chi connectivity index (χ4v) is 0.791. The summed E-state index contributed by atoms with van der Waals surface area (Å²) in [6.07, 6.45) is 1.22. The molecule has 1 N–H and O–H groups in total. The molecule has 0 radical (unpaired) electrons. The average molecular weight is 151 g/mol. The van der Waals surface area contributed by atoms with Gasteiger partial charge >= 0.3 is 0 Å². The second-order valence-corrected chi connectivity index (χ2v) is 2.04. The van der Waals surface area contributed by atoms with Crippen LogP contribution in [0, 0.1) is 28.4 Å². The highest BCUT2D eigenvalue weighted by Gasteiger charge is 2.15. The maximum absolute atomic E-state index is 10.2. The summed E-state index contributed by atoms with van der Waals surface area (Å²) in [4.78, 5) is 12.2. The number of nitrogens with one attached hydrogen (secondary N) is 1. The van der Waals surface area contributed by atoms with Gasteiger partial charge in [-0.3, -0.25) is 10.1 Å². The third-order valence-corrected chi connectivity index (χ3v) is 1.42. The minimum Gasteiger partial charge on any atom is -0.347 e. The lowest BCUT2D eigenvalue weighted by atomic mass is 10.2. The van der Waals surface area contributed by atoms with Gasteiger partial charge in [0.05, 0.1) is 16.7 Å². The van der Waals surface area contributed by atoms with Gasteiger partial charge < -0.3 is 4.98 Å². The highest BCUT2D eigenvalue weighted by Crippen LogP contribution is 2.19. The minimum atomic E-state index is -0.521. The Morgan fingerprint density at radius 2 is 2.45 bits per heavy atom. The first-order valence-electron chi connectivity index (χ1n) is 2.89. The van der Waals surface area contributed by atoms with Crippen LogP contribution in [0.25, 0.3) is 0 Å². The van der Waals surface area contributed by atoms with Crippen molar-refractivity contribution in [2.45, 2.75) is 6.92 Å². The zero-order valence-corrected chi connectivity index (χ0v) is 5.79. The fraction of sp³-hybridized carbons (Fsp3) is 0.167. The number of nitriles is 1. The van der Waals surface area contributed by atoms with Gasteiger partial charge in [0.15, 0.2) is 0 Å². The maximum Gasteiger partial charge on any atom is 0.290 e. The van der Waals surface area contributed by atoms with E-state index in [1.807, 2.05) is 6.07 Å². The largest absolute Gasteiger partial charge is 0.347 e. The molecule has 0 fully saturated rings. The average Bonchev–Trinajstić information content (AvgIpc) is 2.30. The number of hydrogen-bond acceptors (Lipinski definition) is 3. The number of aromatic nitrogens is 1. The Bertz CT molecular complexity index is 334. The Balaban J connectivity index is 3.24. The van der Waals surface area contributed by atoms with Gasteiger partial charge in [-0.15, -0.1) is 0 Å². The molecule has 0 amide bonds. The Labute approximate surface area is 62.4 Å². The zero-order chi connectivity index (χ0) is 8.43. The van der Waals surface area contributed by atoms with Crippen LogP contribution in [-0.2, 0) is 0 Å². The van der Waals surface area contributed by atoms with Crippen LogP contribution >= 0.6 is 0 Å². The predicted molar refractivity (Wildman–Crippen MR) is 36.9 cm³/mol. The Kier molecular flexibility index (Phi) is 1.60. The molecule has 1 aromatic rings. The lowest BCUT2D eigenvalue weighted by Gasteiger charge is -1.85. The van der Waals surface area contributed by atoms with Crippen LogP contribution in [0.15, 0.2) is 6.20 Å². The summed E-state index contributed by atoms with van der Waals surface area (Å²) in [6, 6.07) is 1.81. The van der Waals surface area contributed by atoms with Crippen LogP contribution in [-0.4, -0.2) is 9.91 Å². The third-order valence-electron chi connectivity index (χ3n) is 1.42. The first-order valence-corrected chi connectivity index (χ1v) is 2.89. The molecule has 11 heavy (non-hydrogen) atoms. The molecule has 1 heterocycles. The molecular formula is C6H5N3O2. The number of nitro groups is 1. The quantitative estimate of drug-likeness (QED) is 0.481. The summed E-state index contributed by atoms with van der Waals surface area (Å²) in [5.41, 5.74) is 0.593. The van der Waals surface area contributed by atoms with E-state index in [1.54, 1.807) is 0 Å². The van der Waals surface area contributed by atoms with Gasteiger partial charge in [-0.1, -0.05) is 0 Å². The van der Waals surface area contributed by atoms with E-state index in [2.05, 4.69) is 4.98 Å². The molecule has 0 saturated heterocycles. The van der Waals surface area contributed by atoms with Crippen LogP contribution in [0.4, 0.5) is 5.69 Å². The molecule has 0 saturated carbocycles. The van der Waals surface area contributed by atoms with Gasteiger partial charge in [0.25, 0.3) is 5.69 Å². The zero-order valence-electron chi connectivity index (χ0n) is 5.79. The lowest BCUT2D eigenvalue weighted by molar-refractivity contribution is -0.385. The summed E-state index contributed by atoms with van der Waals surface area (Å²) in [7, 11) is 0. The van der Waals surface area contributed by atoms with E-state index in [4.69, 9.17) is 5.26 Å². The fourth-order valence-electron chi connectivity index (χ4n) is 0.791. The van der Waals surface area contributed by atoms with Crippen molar-refractivity contribution in [3.8, 4) is 6.07 Å². The monoisotopic (exact) mass is 151 g/mol. The van der Waals surface area contributed by atoms with Crippen LogP contribution in [0.3, 0.4) is 0 Å². The molecular weight excluding hydrogens is 146 g/mol. The topological polar surface area (TPSA) is 82.7 Å². The van der Waals surface area contributed by atoms with Crippen LogP contribution < -0.4 is 0 Å². The molecule has 0 aliphatic carbocycles. The van der Waals surface area contributed by atoms with Gasteiger partial charge in [-0.25, -0.2) is 0 Å². The number of hydrogen-bond donors (Lipinski definition) is 1. The molecule has 0 unspecified atom stereocenters. The Morgan fingerprint density at radius 1 is 1.82 bits per heavy atom. The summed E-state index contributed by atoms with van der Waals surface area (Å²) in [6.45, 7) is 1.53. The molecule has 5 nitrogen and oxygen atoms in total. The smallest absolute Gasteiger partial charge is 0.290 e.